The average Bonchev–Trinajstić information content (AvgIpc) is 3.34. The summed E-state index contributed by atoms with van der Waals surface area (Å²) in [7, 11) is -3.21. The largest absolute Gasteiger partial charge is 0.480 e. The molecule has 0 aromatic heterocycles. The second kappa shape index (κ2) is 7.61. The Hall–Kier alpha value is -1.15. The second-order valence-electron chi connectivity index (χ2n) is 6.43. The molecule has 132 valence electrons. The van der Waals surface area contributed by atoms with Crippen molar-refractivity contribution in [2.75, 3.05) is 25.4 Å². The van der Waals surface area contributed by atoms with Gasteiger partial charge in [0.2, 0.25) is 15.9 Å². The van der Waals surface area contributed by atoms with Crippen LogP contribution in [0.15, 0.2) is 0 Å². The number of nitrogens with zero attached hydrogens (tertiary/aromatic N) is 2. The molecule has 0 spiro atoms. The van der Waals surface area contributed by atoms with Gasteiger partial charge in [-0.3, -0.25) is 9.59 Å². The summed E-state index contributed by atoms with van der Waals surface area (Å²) in [5, 5.41) is 9.07. The van der Waals surface area contributed by atoms with Gasteiger partial charge in [-0.1, -0.05) is 12.8 Å². The number of carbonyl (C=O) groups is 2. The van der Waals surface area contributed by atoms with Crippen LogP contribution < -0.4 is 0 Å². The Balaban J connectivity index is 1.94. The lowest BCUT2D eigenvalue weighted by Gasteiger charge is -2.37. The highest BCUT2D eigenvalue weighted by Gasteiger charge is 2.33. The molecule has 0 aromatic carbocycles. The maximum atomic E-state index is 12.4. The number of rotatable bonds is 8. The molecule has 0 aromatic rings. The minimum absolute atomic E-state index is 0.0663. The van der Waals surface area contributed by atoms with E-state index in [0.29, 0.717) is 38.3 Å². The first kappa shape index (κ1) is 18.2. The zero-order valence-electron chi connectivity index (χ0n) is 13.6. The fourth-order valence-electron chi connectivity index (χ4n) is 3.06. The van der Waals surface area contributed by atoms with E-state index in [1.165, 1.54) is 22.0 Å². The van der Waals surface area contributed by atoms with E-state index in [1.54, 1.807) is 6.92 Å². The van der Waals surface area contributed by atoms with E-state index < -0.39 is 16.0 Å². The second-order valence-corrected chi connectivity index (χ2v) is 8.69. The van der Waals surface area contributed by atoms with Crippen molar-refractivity contribution in [1.82, 2.24) is 9.21 Å². The van der Waals surface area contributed by atoms with Crippen molar-refractivity contribution in [1.29, 1.82) is 0 Å². The van der Waals surface area contributed by atoms with Gasteiger partial charge in [-0.25, -0.2) is 12.7 Å². The van der Waals surface area contributed by atoms with E-state index in [4.69, 9.17) is 5.11 Å². The summed E-state index contributed by atoms with van der Waals surface area (Å²) in [4.78, 5) is 24.9. The van der Waals surface area contributed by atoms with Crippen molar-refractivity contribution >= 4 is 21.9 Å². The van der Waals surface area contributed by atoms with Gasteiger partial charge < -0.3 is 10.0 Å². The van der Waals surface area contributed by atoms with Crippen LogP contribution in [-0.2, 0) is 19.6 Å². The molecule has 0 bridgehead atoms. The van der Waals surface area contributed by atoms with Gasteiger partial charge in [0.25, 0.3) is 0 Å². The zero-order chi connectivity index (χ0) is 17.0. The lowest BCUT2D eigenvalue weighted by Crippen LogP contribution is -2.50. The van der Waals surface area contributed by atoms with Crippen LogP contribution in [0, 0.1) is 5.92 Å². The first-order valence-corrected chi connectivity index (χ1v) is 9.93. The highest BCUT2D eigenvalue weighted by Crippen LogP contribution is 2.34. The standard InChI is InChI=1S/C15H26N2O5S/c1-2-23(21,22)16-9-7-13(8-10-16)17(11-15(19)20)14(18)6-5-12-3-4-12/h12-13H,2-11H2,1H3,(H,19,20). The van der Waals surface area contributed by atoms with E-state index >= 15 is 0 Å². The molecule has 2 aliphatic rings. The first-order valence-electron chi connectivity index (χ1n) is 8.32. The Morgan fingerprint density at radius 3 is 2.26 bits per heavy atom. The third kappa shape index (κ3) is 5.17. The molecule has 0 radical (unpaired) electrons. The molecule has 2 rings (SSSR count). The van der Waals surface area contributed by atoms with Gasteiger partial charge in [-0.05, 0) is 32.1 Å². The van der Waals surface area contributed by atoms with E-state index in [2.05, 4.69) is 0 Å². The van der Waals surface area contributed by atoms with E-state index in [0.717, 1.165) is 6.42 Å². The highest BCUT2D eigenvalue weighted by atomic mass is 32.2. The quantitative estimate of drug-likeness (QED) is 0.705. The summed E-state index contributed by atoms with van der Waals surface area (Å²) in [5.74, 6) is -0.441. The van der Waals surface area contributed by atoms with Gasteiger partial charge in [-0.2, -0.15) is 0 Å². The normalized spacial score (nSPS) is 20.4. The van der Waals surface area contributed by atoms with Crippen LogP contribution in [0.2, 0.25) is 0 Å². The summed E-state index contributed by atoms with van der Waals surface area (Å²) >= 11 is 0. The Morgan fingerprint density at radius 1 is 1.17 bits per heavy atom. The van der Waals surface area contributed by atoms with Gasteiger partial charge in [0.1, 0.15) is 6.54 Å². The SMILES string of the molecule is CCS(=O)(=O)N1CCC(N(CC(=O)O)C(=O)CCC2CC2)CC1. The third-order valence-corrected chi connectivity index (χ3v) is 6.59. The van der Waals surface area contributed by atoms with Gasteiger partial charge in [0.05, 0.1) is 5.75 Å². The Bertz CT molecular complexity index is 536. The van der Waals surface area contributed by atoms with Crippen LogP contribution in [0.5, 0.6) is 0 Å². The lowest BCUT2D eigenvalue weighted by atomic mass is 10.0. The van der Waals surface area contributed by atoms with Crippen molar-refractivity contribution in [3.8, 4) is 0 Å². The van der Waals surface area contributed by atoms with Crippen molar-refractivity contribution < 1.29 is 23.1 Å². The van der Waals surface area contributed by atoms with Crippen LogP contribution in [-0.4, -0.2) is 66.0 Å². The van der Waals surface area contributed by atoms with Crippen molar-refractivity contribution in [2.24, 2.45) is 5.92 Å². The van der Waals surface area contributed by atoms with Crippen LogP contribution >= 0.6 is 0 Å². The summed E-state index contributed by atoms with van der Waals surface area (Å²) < 4.78 is 25.2. The number of carbonyl (C=O) groups excluding carboxylic acids is 1. The lowest BCUT2D eigenvalue weighted by molar-refractivity contribution is -0.147. The van der Waals surface area contributed by atoms with Crippen molar-refractivity contribution in [2.45, 2.75) is 51.5 Å². The molecule has 1 saturated carbocycles. The molecular weight excluding hydrogens is 320 g/mol. The molecule has 7 nitrogen and oxygen atoms in total. The molecule has 1 N–H and O–H groups in total. The zero-order valence-corrected chi connectivity index (χ0v) is 14.4. The highest BCUT2D eigenvalue weighted by molar-refractivity contribution is 7.89. The molecule has 1 aliphatic carbocycles. The van der Waals surface area contributed by atoms with Crippen LogP contribution in [0.25, 0.3) is 0 Å². The van der Waals surface area contributed by atoms with Gasteiger partial charge >= 0.3 is 5.97 Å². The Morgan fingerprint density at radius 2 is 1.78 bits per heavy atom. The van der Waals surface area contributed by atoms with Crippen LogP contribution in [0.4, 0.5) is 0 Å². The van der Waals surface area contributed by atoms with E-state index in [9.17, 15) is 18.0 Å². The number of sulfonamides is 1. The first-order chi connectivity index (χ1) is 10.8. The fourth-order valence-corrected chi connectivity index (χ4v) is 4.19. The number of carboxylic acids is 1. The minimum atomic E-state index is -3.21. The summed E-state index contributed by atoms with van der Waals surface area (Å²) in [6, 6.07) is -0.180. The monoisotopic (exact) mass is 346 g/mol. The predicted octanol–water partition coefficient (Wildman–Crippen LogP) is 0.904. The van der Waals surface area contributed by atoms with Crippen molar-refractivity contribution in [3.63, 3.8) is 0 Å². The van der Waals surface area contributed by atoms with Crippen LogP contribution in [0.1, 0.15) is 45.4 Å². The number of piperidine rings is 1. The number of carboxylic acid groups (broad SMARTS) is 1. The maximum Gasteiger partial charge on any atom is 0.323 e. The molecule has 8 heteroatoms. The van der Waals surface area contributed by atoms with E-state index in [1.807, 2.05) is 0 Å². The number of hydrogen-bond donors (Lipinski definition) is 1. The molecule has 1 amide bonds. The van der Waals surface area contributed by atoms with E-state index in [-0.39, 0.29) is 24.2 Å². The average molecular weight is 346 g/mol. The molecule has 23 heavy (non-hydrogen) atoms. The van der Waals surface area contributed by atoms with Gasteiger partial charge in [0, 0.05) is 25.6 Å². The molecule has 0 unspecified atom stereocenters. The molecular formula is C15H26N2O5S. The Kier molecular flexibility index (Phi) is 6.02. The van der Waals surface area contributed by atoms with Gasteiger partial charge in [-0.15, -0.1) is 0 Å². The van der Waals surface area contributed by atoms with Gasteiger partial charge in [0.15, 0.2) is 0 Å². The molecule has 0 atom stereocenters. The molecule has 1 aliphatic heterocycles. The number of aliphatic carboxylic acids is 1. The predicted molar refractivity (Wildman–Crippen MR) is 85.4 cm³/mol. The fraction of sp³-hybridized carbons (Fsp3) is 0.867. The van der Waals surface area contributed by atoms with Crippen molar-refractivity contribution in [3.05, 3.63) is 0 Å². The molecule has 1 saturated heterocycles. The van der Waals surface area contributed by atoms with Crippen LogP contribution in [0.3, 0.4) is 0 Å². The number of amides is 1. The molecule has 1 heterocycles. The summed E-state index contributed by atoms with van der Waals surface area (Å²) in [6.45, 7) is 2.02. The summed E-state index contributed by atoms with van der Waals surface area (Å²) in [6.07, 6.45) is 4.56. The maximum absolute atomic E-state index is 12.4. The Labute approximate surface area is 137 Å². The summed E-state index contributed by atoms with van der Waals surface area (Å²) in [5.41, 5.74) is 0. The smallest absolute Gasteiger partial charge is 0.323 e. The topological polar surface area (TPSA) is 95.0 Å². The molecule has 2 fully saturated rings. The number of hydrogen-bond acceptors (Lipinski definition) is 4. The minimum Gasteiger partial charge on any atom is -0.480 e. The third-order valence-electron chi connectivity index (χ3n) is 4.71.